The summed E-state index contributed by atoms with van der Waals surface area (Å²) >= 11 is 4.93. The number of halogens is 2. The van der Waals surface area contributed by atoms with E-state index in [1.807, 2.05) is 6.07 Å². The summed E-state index contributed by atoms with van der Waals surface area (Å²) in [6, 6.07) is 5.25. The maximum atomic E-state index is 13.3. The number of hydrogen-bond donors (Lipinski definition) is 0. The van der Waals surface area contributed by atoms with E-state index in [1.165, 1.54) is 18.1 Å². The van der Waals surface area contributed by atoms with Crippen LogP contribution < -0.4 is 4.74 Å². The first-order valence-corrected chi connectivity index (χ1v) is 6.01. The van der Waals surface area contributed by atoms with Crippen molar-refractivity contribution in [3.8, 4) is 5.75 Å². The molecule has 14 heavy (non-hydrogen) atoms. The molecule has 0 spiro atoms. The molecule has 1 aromatic carbocycles. The normalized spacial score (nSPS) is 10.8. The number of methoxy groups -OCH3 is 1. The summed E-state index contributed by atoms with van der Waals surface area (Å²) in [4.78, 5) is 1.17. The molecule has 1 heterocycles. The molecule has 0 aliphatic heterocycles. The van der Waals surface area contributed by atoms with Crippen LogP contribution in [0.4, 0.5) is 4.39 Å². The molecular weight excluding hydrogens is 267 g/mol. The molecule has 0 bridgehead atoms. The number of hydrogen-bond acceptors (Lipinski definition) is 2. The average Bonchev–Trinajstić information content (AvgIpc) is 2.60. The first-order chi connectivity index (χ1) is 6.76. The quantitative estimate of drug-likeness (QED) is 0.754. The van der Waals surface area contributed by atoms with E-state index in [1.54, 1.807) is 17.4 Å². The van der Waals surface area contributed by atoms with Gasteiger partial charge in [0.2, 0.25) is 0 Å². The molecule has 0 unspecified atom stereocenters. The third kappa shape index (κ3) is 1.53. The van der Waals surface area contributed by atoms with Crippen molar-refractivity contribution >= 4 is 37.4 Å². The van der Waals surface area contributed by atoms with Crippen molar-refractivity contribution < 1.29 is 9.13 Å². The van der Waals surface area contributed by atoms with Crippen molar-refractivity contribution in [2.75, 3.05) is 7.11 Å². The van der Waals surface area contributed by atoms with Crippen LogP contribution in [-0.2, 0) is 5.33 Å². The highest BCUT2D eigenvalue weighted by atomic mass is 79.9. The molecule has 2 aromatic rings. The minimum atomic E-state index is -0.303. The monoisotopic (exact) mass is 274 g/mol. The van der Waals surface area contributed by atoms with Crippen molar-refractivity contribution in [1.29, 1.82) is 0 Å². The lowest BCUT2D eigenvalue weighted by Crippen LogP contribution is -1.86. The molecule has 0 N–H and O–H groups in total. The van der Waals surface area contributed by atoms with Crippen LogP contribution >= 0.6 is 27.3 Å². The van der Waals surface area contributed by atoms with Gasteiger partial charge in [0.15, 0.2) is 11.6 Å². The van der Waals surface area contributed by atoms with Gasteiger partial charge in [-0.3, -0.25) is 0 Å². The Bertz CT molecular complexity index is 466. The lowest BCUT2D eigenvalue weighted by atomic mass is 10.2. The van der Waals surface area contributed by atoms with Crippen molar-refractivity contribution in [2.24, 2.45) is 0 Å². The molecular formula is C10H8BrFOS. The summed E-state index contributed by atoms with van der Waals surface area (Å²) in [6.45, 7) is 0. The predicted octanol–water partition coefficient (Wildman–Crippen LogP) is 3.94. The standard InChI is InChI=1S/C10H8BrFOS/c1-13-9-8(12)3-2-6-4-7(5-11)14-10(6)9/h2-4H,5H2,1H3. The molecule has 0 fully saturated rings. The Labute approximate surface area is 93.6 Å². The maximum Gasteiger partial charge on any atom is 0.172 e. The Hall–Kier alpha value is -0.610. The molecule has 1 aromatic heterocycles. The largest absolute Gasteiger partial charge is 0.492 e. The number of thiophene rings is 1. The first kappa shape index (κ1) is 9.93. The summed E-state index contributed by atoms with van der Waals surface area (Å²) in [7, 11) is 1.49. The molecule has 0 atom stereocenters. The minimum absolute atomic E-state index is 0.303. The van der Waals surface area contributed by atoms with Crippen LogP contribution in [0.1, 0.15) is 4.88 Å². The lowest BCUT2D eigenvalue weighted by molar-refractivity contribution is 0.392. The van der Waals surface area contributed by atoms with Crippen LogP contribution in [0.2, 0.25) is 0 Å². The number of ether oxygens (including phenoxy) is 1. The van der Waals surface area contributed by atoms with Crippen molar-refractivity contribution in [3.05, 3.63) is 28.9 Å². The number of rotatable bonds is 2. The maximum absolute atomic E-state index is 13.3. The highest BCUT2D eigenvalue weighted by molar-refractivity contribution is 9.08. The van der Waals surface area contributed by atoms with Gasteiger partial charge in [-0.05, 0) is 17.5 Å². The van der Waals surface area contributed by atoms with E-state index in [4.69, 9.17) is 4.74 Å². The molecule has 0 aliphatic carbocycles. The summed E-state index contributed by atoms with van der Waals surface area (Å²) < 4.78 is 19.2. The van der Waals surface area contributed by atoms with Gasteiger partial charge >= 0.3 is 0 Å². The molecule has 0 saturated carbocycles. The topological polar surface area (TPSA) is 9.23 Å². The van der Waals surface area contributed by atoms with Gasteiger partial charge < -0.3 is 4.74 Å². The number of fused-ring (bicyclic) bond motifs is 1. The van der Waals surface area contributed by atoms with Crippen LogP contribution in [0, 0.1) is 5.82 Å². The highest BCUT2D eigenvalue weighted by Gasteiger charge is 2.10. The number of alkyl halides is 1. The van der Waals surface area contributed by atoms with Crippen LogP contribution in [0.3, 0.4) is 0 Å². The van der Waals surface area contributed by atoms with E-state index in [0.717, 1.165) is 15.4 Å². The first-order valence-electron chi connectivity index (χ1n) is 4.07. The van der Waals surface area contributed by atoms with Gasteiger partial charge in [0, 0.05) is 10.2 Å². The predicted molar refractivity (Wildman–Crippen MR) is 61.0 cm³/mol. The Morgan fingerprint density at radius 2 is 2.29 bits per heavy atom. The Morgan fingerprint density at radius 1 is 1.50 bits per heavy atom. The zero-order chi connectivity index (χ0) is 10.1. The zero-order valence-corrected chi connectivity index (χ0v) is 9.91. The molecule has 0 aliphatic rings. The third-order valence-electron chi connectivity index (χ3n) is 1.98. The van der Waals surface area contributed by atoms with Gasteiger partial charge in [0.1, 0.15) is 0 Å². The Morgan fingerprint density at radius 3 is 2.93 bits per heavy atom. The summed E-state index contributed by atoms with van der Waals surface area (Å²) in [5.74, 6) is 0.0441. The molecule has 0 saturated heterocycles. The minimum Gasteiger partial charge on any atom is -0.492 e. The van der Waals surface area contributed by atoms with Gasteiger partial charge in [-0.2, -0.15) is 0 Å². The van der Waals surface area contributed by atoms with Gasteiger partial charge in [-0.25, -0.2) is 4.39 Å². The smallest absolute Gasteiger partial charge is 0.172 e. The molecule has 0 radical (unpaired) electrons. The van der Waals surface area contributed by atoms with E-state index in [0.29, 0.717) is 5.75 Å². The van der Waals surface area contributed by atoms with Gasteiger partial charge in [-0.1, -0.05) is 22.0 Å². The van der Waals surface area contributed by atoms with Crippen LogP contribution in [-0.4, -0.2) is 7.11 Å². The Balaban J connectivity index is 2.73. The average molecular weight is 275 g/mol. The van der Waals surface area contributed by atoms with Crippen LogP contribution in [0.25, 0.3) is 10.1 Å². The fourth-order valence-corrected chi connectivity index (χ4v) is 2.89. The summed E-state index contributed by atoms with van der Waals surface area (Å²) in [5.41, 5.74) is 0. The zero-order valence-electron chi connectivity index (χ0n) is 7.51. The molecule has 0 amide bonds. The Kier molecular flexibility index (Phi) is 2.74. The van der Waals surface area contributed by atoms with Gasteiger partial charge in [0.05, 0.1) is 11.8 Å². The summed E-state index contributed by atoms with van der Waals surface area (Å²) in [5, 5.41) is 1.82. The second-order valence-electron chi connectivity index (χ2n) is 2.85. The third-order valence-corrected chi connectivity index (χ3v) is 4.10. The summed E-state index contributed by atoms with van der Waals surface area (Å²) in [6.07, 6.45) is 0. The van der Waals surface area contributed by atoms with E-state index in [9.17, 15) is 4.39 Å². The van der Waals surface area contributed by atoms with Gasteiger partial charge in [-0.15, -0.1) is 11.3 Å². The van der Waals surface area contributed by atoms with Crippen LogP contribution in [0.15, 0.2) is 18.2 Å². The number of benzene rings is 1. The van der Waals surface area contributed by atoms with Crippen molar-refractivity contribution in [2.45, 2.75) is 5.33 Å². The van der Waals surface area contributed by atoms with Crippen molar-refractivity contribution in [1.82, 2.24) is 0 Å². The highest BCUT2D eigenvalue weighted by Crippen LogP contribution is 2.36. The molecule has 74 valence electrons. The molecule has 1 nitrogen and oxygen atoms in total. The van der Waals surface area contributed by atoms with E-state index in [2.05, 4.69) is 15.9 Å². The second-order valence-corrected chi connectivity index (χ2v) is 4.54. The fraction of sp³-hybridized carbons (Fsp3) is 0.200. The van der Waals surface area contributed by atoms with Gasteiger partial charge in [0.25, 0.3) is 0 Å². The van der Waals surface area contributed by atoms with Crippen LogP contribution in [0.5, 0.6) is 5.75 Å². The fourth-order valence-electron chi connectivity index (χ4n) is 1.36. The van der Waals surface area contributed by atoms with E-state index in [-0.39, 0.29) is 5.82 Å². The molecule has 4 heteroatoms. The van der Waals surface area contributed by atoms with Crippen molar-refractivity contribution in [3.63, 3.8) is 0 Å². The van der Waals surface area contributed by atoms with E-state index >= 15 is 0 Å². The molecule has 2 rings (SSSR count). The second kappa shape index (κ2) is 3.87. The lowest BCUT2D eigenvalue weighted by Gasteiger charge is -2.01. The van der Waals surface area contributed by atoms with E-state index < -0.39 is 0 Å². The SMILES string of the molecule is COc1c(F)ccc2cc(CBr)sc12.